The molecule has 2 heteroatoms. The molecule has 0 heterocycles. The van der Waals surface area contributed by atoms with E-state index in [4.69, 9.17) is 0 Å². The molecule has 0 saturated heterocycles. The van der Waals surface area contributed by atoms with Gasteiger partial charge in [-0.25, -0.2) is 0 Å². The summed E-state index contributed by atoms with van der Waals surface area (Å²) in [6.45, 7) is 0. The standard InChI is InChI=1S/C13H24NO/c15-14-13(11-7-3-1-4-8-11)12-9-5-2-6-10-12/h11-14H,1-10H2/q-1. The topological polar surface area (TPSA) is 35.1 Å². The first-order chi connectivity index (χ1) is 7.42. The molecule has 0 atom stereocenters. The third-order valence-electron chi connectivity index (χ3n) is 4.45. The summed E-state index contributed by atoms with van der Waals surface area (Å²) in [5.41, 5.74) is 2.39. The van der Waals surface area contributed by atoms with Crippen LogP contribution in [0, 0.1) is 17.0 Å². The minimum absolute atomic E-state index is 0.283. The van der Waals surface area contributed by atoms with Crippen LogP contribution in [0.3, 0.4) is 0 Å². The normalized spacial score (nSPS) is 26.0. The number of hydrogen-bond acceptors (Lipinski definition) is 2. The number of hydrogen-bond donors (Lipinski definition) is 1. The van der Waals surface area contributed by atoms with Gasteiger partial charge in [-0.2, -0.15) is 0 Å². The Balaban J connectivity index is 1.88. The van der Waals surface area contributed by atoms with Gasteiger partial charge in [0.05, 0.1) is 0 Å². The van der Waals surface area contributed by atoms with Crippen LogP contribution in [0.15, 0.2) is 0 Å². The summed E-state index contributed by atoms with van der Waals surface area (Å²) in [4.78, 5) is 0. The van der Waals surface area contributed by atoms with Crippen LogP contribution in [0.2, 0.25) is 0 Å². The third-order valence-corrected chi connectivity index (χ3v) is 4.45. The van der Waals surface area contributed by atoms with Crippen molar-refractivity contribution < 1.29 is 0 Å². The van der Waals surface area contributed by atoms with Crippen LogP contribution in [0.1, 0.15) is 64.2 Å². The van der Waals surface area contributed by atoms with Gasteiger partial charge in [-0.05, 0) is 37.5 Å². The van der Waals surface area contributed by atoms with Gasteiger partial charge in [-0.1, -0.05) is 38.5 Å². The van der Waals surface area contributed by atoms with Crippen LogP contribution in [0.5, 0.6) is 0 Å². The van der Waals surface area contributed by atoms with Gasteiger partial charge in [-0.3, -0.25) is 0 Å². The Morgan fingerprint density at radius 2 is 1.13 bits per heavy atom. The quantitative estimate of drug-likeness (QED) is 0.722. The molecule has 88 valence electrons. The van der Waals surface area contributed by atoms with Crippen molar-refractivity contribution in [2.75, 3.05) is 0 Å². The molecule has 15 heavy (non-hydrogen) atoms. The van der Waals surface area contributed by atoms with Gasteiger partial charge in [0.1, 0.15) is 0 Å². The maximum Gasteiger partial charge on any atom is 0.000657 e. The smallest absolute Gasteiger partial charge is 0.000657 e. The van der Waals surface area contributed by atoms with Gasteiger partial charge >= 0.3 is 0 Å². The van der Waals surface area contributed by atoms with Gasteiger partial charge < -0.3 is 10.7 Å². The Labute approximate surface area is 93.4 Å². The highest BCUT2D eigenvalue weighted by Crippen LogP contribution is 2.35. The fourth-order valence-electron chi connectivity index (χ4n) is 3.56. The molecule has 0 unspecified atom stereocenters. The second-order valence-corrected chi connectivity index (χ2v) is 5.44. The molecule has 0 aromatic heterocycles. The molecule has 2 fully saturated rings. The molecular weight excluding hydrogens is 186 g/mol. The van der Waals surface area contributed by atoms with Crippen molar-refractivity contribution in [3.8, 4) is 0 Å². The van der Waals surface area contributed by atoms with E-state index in [1.807, 2.05) is 0 Å². The Kier molecular flexibility index (Phi) is 4.45. The molecule has 2 rings (SSSR count). The third kappa shape index (κ3) is 2.94. The average molecular weight is 210 g/mol. The van der Waals surface area contributed by atoms with E-state index in [2.05, 4.69) is 5.48 Å². The van der Waals surface area contributed by atoms with Gasteiger partial charge in [-0.15, -0.1) is 0 Å². The molecule has 0 bridgehead atoms. The van der Waals surface area contributed by atoms with Crippen molar-refractivity contribution in [3.05, 3.63) is 5.21 Å². The summed E-state index contributed by atoms with van der Waals surface area (Å²) >= 11 is 0. The largest absolute Gasteiger partial charge is 0.788 e. The lowest BCUT2D eigenvalue weighted by Crippen LogP contribution is -2.41. The van der Waals surface area contributed by atoms with E-state index in [0.29, 0.717) is 11.8 Å². The molecule has 2 aliphatic rings. The van der Waals surface area contributed by atoms with Crippen LogP contribution in [0.25, 0.3) is 0 Å². The Bertz CT molecular complexity index is 153. The summed E-state index contributed by atoms with van der Waals surface area (Å²) in [5.74, 6) is 1.36. The van der Waals surface area contributed by atoms with E-state index >= 15 is 0 Å². The lowest BCUT2D eigenvalue weighted by Gasteiger charge is -2.40. The fourth-order valence-corrected chi connectivity index (χ4v) is 3.56. The van der Waals surface area contributed by atoms with Crippen LogP contribution >= 0.6 is 0 Å². The molecule has 2 aliphatic carbocycles. The first kappa shape index (κ1) is 11.4. The highest BCUT2D eigenvalue weighted by molar-refractivity contribution is 4.86. The number of rotatable bonds is 3. The molecule has 0 spiro atoms. The fraction of sp³-hybridized carbons (Fsp3) is 1.00. The molecule has 0 aromatic rings. The van der Waals surface area contributed by atoms with Crippen molar-refractivity contribution in [3.63, 3.8) is 0 Å². The van der Waals surface area contributed by atoms with Crippen LogP contribution < -0.4 is 5.48 Å². The summed E-state index contributed by atoms with van der Waals surface area (Å²) in [7, 11) is 0. The van der Waals surface area contributed by atoms with Gasteiger partial charge in [0.25, 0.3) is 0 Å². The first-order valence-electron chi connectivity index (χ1n) is 6.79. The zero-order chi connectivity index (χ0) is 10.5. The molecular formula is C13H24NO-. The monoisotopic (exact) mass is 210 g/mol. The Morgan fingerprint density at radius 3 is 1.47 bits per heavy atom. The average Bonchev–Trinajstić information content (AvgIpc) is 2.33. The van der Waals surface area contributed by atoms with Crippen molar-refractivity contribution in [2.24, 2.45) is 11.8 Å². The summed E-state index contributed by atoms with van der Waals surface area (Å²) in [5, 5.41) is 11.2. The maximum atomic E-state index is 11.2. The Morgan fingerprint density at radius 1 is 0.733 bits per heavy atom. The van der Waals surface area contributed by atoms with E-state index in [9.17, 15) is 5.21 Å². The van der Waals surface area contributed by atoms with Crippen molar-refractivity contribution in [1.29, 1.82) is 0 Å². The predicted octanol–water partition coefficient (Wildman–Crippen LogP) is 3.60. The van der Waals surface area contributed by atoms with Crippen molar-refractivity contribution >= 4 is 0 Å². The van der Waals surface area contributed by atoms with E-state index in [0.717, 1.165) is 0 Å². The van der Waals surface area contributed by atoms with Crippen LogP contribution in [-0.2, 0) is 0 Å². The van der Waals surface area contributed by atoms with Crippen LogP contribution in [-0.4, -0.2) is 6.04 Å². The Hall–Kier alpha value is -0.0800. The van der Waals surface area contributed by atoms with Crippen molar-refractivity contribution in [2.45, 2.75) is 70.3 Å². The van der Waals surface area contributed by atoms with Crippen LogP contribution in [0.4, 0.5) is 0 Å². The van der Waals surface area contributed by atoms with Gasteiger partial charge in [0.15, 0.2) is 0 Å². The molecule has 1 N–H and O–H groups in total. The number of hydroxylamine groups is 1. The second kappa shape index (κ2) is 5.86. The molecule has 0 aromatic carbocycles. The highest BCUT2D eigenvalue weighted by atomic mass is 16.5. The molecule has 0 radical (unpaired) electrons. The lowest BCUT2D eigenvalue weighted by molar-refractivity contribution is 0.185. The summed E-state index contributed by atoms with van der Waals surface area (Å²) in [6, 6.07) is 0.283. The number of nitrogens with one attached hydrogen (secondary N) is 1. The molecule has 2 nitrogen and oxygen atoms in total. The molecule has 0 aliphatic heterocycles. The minimum atomic E-state index is 0.283. The van der Waals surface area contributed by atoms with E-state index in [-0.39, 0.29) is 6.04 Å². The summed E-state index contributed by atoms with van der Waals surface area (Å²) < 4.78 is 0. The zero-order valence-corrected chi connectivity index (χ0v) is 9.71. The molecule has 0 amide bonds. The summed E-state index contributed by atoms with van der Waals surface area (Å²) in [6.07, 6.45) is 13.3. The van der Waals surface area contributed by atoms with Crippen molar-refractivity contribution in [1.82, 2.24) is 5.48 Å². The molecule has 2 saturated carbocycles. The van der Waals surface area contributed by atoms with Gasteiger partial charge in [0.2, 0.25) is 0 Å². The van der Waals surface area contributed by atoms with E-state index < -0.39 is 0 Å². The SMILES string of the molecule is [O-]NC(C1CCCCC1)C1CCCCC1. The minimum Gasteiger partial charge on any atom is -0.788 e. The second-order valence-electron chi connectivity index (χ2n) is 5.44. The highest BCUT2D eigenvalue weighted by Gasteiger charge is 2.28. The lowest BCUT2D eigenvalue weighted by atomic mass is 9.74. The first-order valence-corrected chi connectivity index (χ1v) is 6.79. The van der Waals surface area contributed by atoms with Gasteiger partial charge in [0, 0.05) is 6.04 Å². The van der Waals surface area contributed by atoms with E-state index in [1.54, 1.807) is 0 Å². The van der Waals surface area contributed by atoms with E-state index in [1.165, 1.54) is 64.2 Å². The predicted molar refractivity (Wildman–Crippen MR) is 63.4 cm³/mol. The maximum absolute atomic E-state index is 11.2. The zero-order valence-electron chi connectivity index (χ0n) is 9.71.